The molecule has 0 aromatic heterocycles. The molecular weight excluding hydrogens is 520 g/mol. The van der Waals surface area contributed by atoms with E-state index < -0.39 is 0 Å². The zero-order valence-corrected chi connectivity index (χ0v) is 23.0. The van der Waals surface area contributed by atoms with Crippen molar-refractivity contribution < 1.29 is 19.2 Å². The first-order valence-corrected chi connectivity index (χ1v) is 14.7. The molecule has 0 spiro atoms. The van der Waals surface area contributed by atoms with Gasteiger partial charge in [0, 0.05) is 84.7 Å². The number of imide groups is 2. The first-order valence-electron chi connectivity index (χ1n) is 12.5. The Balaban J connectivity index is 1.26. The summed E-state index contributed by atoms with van der Waals surface area (Å²) in [4.78, 5) is 56.2. The lowest BCUT2D eigenvalue weighted by Crippen LogP contribution is -2.38. The van der Waals surface area contributed by atoms with Gasteiger partial charge in [-0.05, 0) is 62.4 Å². The van der Waals surface area contributed by atoms with Crippen molar-refractivity contribution in [3.63, 3.8) is 0 Å². The third-order valence-corrected chi connectivity index (χ3v) is 8.81. The normalized spacial score (nSPS) is 14.8. The Kier molecular flexibility index (Phi) is 9.30. The first-order chi connectivity index (χ1) is 18.4. The summed E-state index contributed by atoms with van der Waals surface area (Å²) in [6.07, 6.45) is 5.26. The number of anilines is 2. The topological polar surface area (TPSA) is 81.2 Å². The van der Waals surface area contributed by atoms with Gasteiger partial charge >= 0.3 is 0 Å². The molecule has 0 unspecified atom stereocenters. The van der Waals surface area contributed by atoms with Gasteiger partial charge in [-0.15, -0.1) is 0 Å². The molecule has 38 heavy (non-hydrogen) atoms. The monoisotopic (exact) mass is 550 g/mol. The average Bonchev–Trinajstić information content (AvgIpc) is 3.43. The van der Waals surface area contributed by atoms with Crippen molar-refractivity contribution in [3.8, 4) is 0 Å². The Morgan fingerprint density at radius 1 is 0.553 bits per heavy atom. The minimum Gasteiger partial charge on any atom is -0.370 e. The van der Waals surface area contributed by atoms with E-state index in [1.807, 2.05) is 0 Å². The number of hydrogen-bond donors (Lipinski definition) is 0. The molecule has 2 aliphatic heterocycles. The van der Waals surface area contributed by atoms with Crippen LogP contribution in [0, 0.1) is 0 Å². The maximum absolute atomic E-state index is 11.8. The van der Waals surface area contributed by atoms with Gasteiger partial charge in [0.25, 0.3) is 23.6 Å². The predicted molar refractivity (Wildman–Crippen MR) is 152 cm³/mol. The number of rotatable bonds is 13. The van der Waals surface area contributed by atoms with Crippen LogP contribution < -0.4 is 9.80 Å². The maximum atomic E-state index is 11.8. The second kappa shape index (κ2) is 12.8. The average molecular weight is 551 g/mol. The molecule has 0 fully saturated rings. The minimum atomic E-state index is -0.252. The highest BCUT2D eigenvalue weighted by Crippen LogP contribution is 2.38. The van der Waals surface area contributed by atoms with Crippen molar-refractivity contribution in [1.82, 2.24) is 9.80 Å². The summed E-state index contributed by atoms with van der Waals surface area (Å²) in [5.74, 6) is -1.01. The highest BCUT2D eigenvalue weighted by Gasteiger charge is 2.24. The standard InChI is InChI=1S/C28H30N4O4S2/c1-3-29(17-19-31-25(33)13-14-26(31)34)21-5-9-23(10-6-21)37-38-24-11-7-22(8-12-24)30(4-2)18-20-32-27(35)15-16-28(32)36/h5-16H,3-4,17-20H2,1-2H3. The van der Waals surface area contributed by atoms with E-state index in [1.165, 1.54) is 34.1 Å². The van der Waals surface area contributed by atoms with Gasteiger partial charge < -0.3 is 9.80 Å². The van der Waals surface area contributed by atoms with Crippen LogP contribution in [0.4, 0.5) is 11.4 Å². The van der Waals surface area contributed by atoms with Gasteiger partial charge in [0.1, 0.15) is 0 Å². The molecule has 198 valence electrons. The number of hydrogen-bond acceptors (Lipinski definition) is 8. The first kappa shape index (κ1) is 27.5. The SMILES string of the molecule is CCN(CCN1C(=O)C=CC1=O)c1ccc(SSc2ccc(N(CC)CCN3C(=O)C=CC3=O)cc2)cc1. The number of benzene rings is 2. The Morgan fingerprint density at radius 3 is 1.16 bits per heavy atom. The summed E-state index contributed by atoms with van der Waals surface area (Å²) in [6, 6.07) is 16.5. The molecule has 8 nitrogen and oxygen atoms in total. The fourth-order valence-corrected chi connectivity index (χ4v) is 6.14. The Bertz CT molecular complexity index is 1110. The van der Waals surface area contributed by atoms with Gasteiger partial charge in [0.2, 0.25) is 0 Å². The van der Waals surface area contributed by atoms with Crippen molar-refractivity contribution in [3.05, 3.63) is 72.8 Å². The van der Waals surface area contributed by atoms with Gasteiger partial charge in [-0.3, -0.25) is 29.0 Å². The number of carbonyl (C=O) groups is 4. The van der Waals surface area contributed by atoms with E-state index in [0.29, 0.717) is 26.2 Å². The molecule has 0 saturated heterocycles. The molecule has 2 aromatic carbocycles. The molecule has 0 aliphatic carbocycles. The Labute approximate surface area is 230 Å². The highest BCUT2D eigenvalue weighted by atomic mass is 33.1. The van der Waals surface area contributed by atoms with Gasteiger partial charge in [-0.25, -0.2) is 0 Å². The minimum absolute atomic E-state index is 0.252. The number of nitrogens with zero attached hydrogens (tertiary/aromatic N) is 4. The Hall–Kier alpha value is -3.50. The van der Waals surface area contributed by atoms with Gasteiger partial charge in [0.05, 0.1) is 0 Å². The highest BCUT2D eigenvalue weighted by molar-refractivity contribution is 8.76. The molecule has 4 rings (SSSR count). The molecule has 2 heterocycles. The molecule has 0 atom stereocenters. The molecule has 2 aromatic rings. The summed E-state index contributed by atoms with van der Waals surface area (Å²) < 4.78 is 0. The predicted octanol–water partition coefficient (Wildman–Crippen LogP) is 3.99. The zero-order chi connectivity index (χ0) is 27.1. The number of likely N-dealkylation sites (N-methyl/N-ethyl adjacent to an activating group) is 2. The van der Waals surface area contributed by atoms with Crippen LogP contribution in [0.25, 0.3) is 0 Å². The van der Waals surface area contributed by atoms with E-state index in [-0.39, 0.29) is 23.6 Å². The third-order valence-electron chi connectivity index (χ3n) is 6.39. The number of amides is 4. The summed E-state index contributed by atoms with van der Waals surface area (Å²) in [5, 5.41) is 0. The van der Waals surface area contributed by atoms with Crippen LogP contribution in [0.5, 0.6) is 0 Å². The van der Waals surface area contributed by atoms with Crippen LogP contribution in [0.15, 0.2) is 82.6 Å². The van der Waals surface area contributed by atoms with Crippen molar-refractivity contribution in [2.75, 3.05) is 49.1 Å². The second-order valence-electron chi connectivity index (χ2n) is 8.64. The second-order valence-corrected chi connectivity index (χ2v) is 10.9. The van der Waals surface area contributed by atoms with Gasteiger partial charge in [-0.1, -0.05) is 21.6 Å². The molecule has 4 amide bonds. The molecule has 10 heteroatoms. The van der Waals surface area contributed by atoms with Crippen LogP contribution in [-0.2, 0) is 19.2 Å². The lowest BCUT2D eigenvalue weighted by Gasteiger charge is -2.25. The van der Waals surface area contributed by atoms with E-state index >= 15 is 0 Å². The third kappa shape index (κ3) is 6.68. The van der Waals surface area contributed by atoms with E-state index in [2.05, 4.69) is 72.2 Å². The van der Waals surface area contributed by atoms with Crippen LogP contribution in [0.1, 0.15) is 13.8 Å². The fraction of sp³-hybridized carbons (Fsp3) is 0.286. The molecular formula is C28H30N4O4S2. The molecule has 0 saturated carbocycles. The van der Waals surface area contributed by atoms with Crippen molar-refractivity contribution >= 4 is 56.6 Å². The van der Waals surface area contributed by atoms with Crippen molar-refractivity contribution in [1.29, 1.82) is 0 Å². The zero-order valence-electron chi connectivity index (χ0n) is 21.4. The van der Waals surface area contributed by atoms with E-state index in [1.54, 1.807) is 21.6 Å². The summed E-state index contributed by atoms with van der Waals surface area (Å²) in [7, 11) is 3.35. The Morgan fingerprint density at radius 2 is 0.868 bits per heavy atom. The van der Waals surface area contributed by atoms with Gasteiger partial charge in [0.15, 0.2) is 0 Å². The van der Waals surface area contributed by atoms with Crippen molar-refractivity contribution in [2.24, 2.45) is 0 Å². The molecule has 2 aliphatic rings. The largest absolute Gasteiger partial charge is 0.370 e. The maximum Gasteiger partial charge on any atom is 0.253 e. The van der Waals surface area contributed by atoms with E-state index in [9.17, 15) is 19.2 Å². The van der Waals surface area contributed by atoms with E-state index in [0.717, 1.165) is 34.3 Å². The quantitative estimate of drug-likeness (QED) is 0.274. The van der Waals surface area contributed by atoms with Gasteiger partial charge in [-0.2, -0.15) is 0 Å². The van der Waals surface area contributed by atoms with Crippen molar-refractivity contribution in [2.45, 2.75) is 23.6 Å². The smallest absolute Gasteiger partial charge is 0.253 e. The summed E-state index contributed by atoms with van der Waals surface area (Å²) >= 11 is 0. The molecule has 0 bridgehead atoms. The van der Waals surface area contributed by atoms with Crippen LogP contribution in [-0.4, -0.2) is 72.7 Å². The summed E-state index contributed by atoms with van der Waals surface area (Å²) in [6.45, 7) is 7.54. The van der Waals surface area contributed by atoms with Crippen LogP contribution in [0.2, 0.25) is 0 Å². The molecule has 0 radical (unpaired) electrons. The number of carbonyl (C=O) groups excluding carboxylic acids is 4. The fourth-order valence-electron chi connectivity index (χ4n) is 4.21. The van der Waals surface area contributed by atoms with Crippen LogP contribution >= 0.6 is 21.6 Å². The molecule has 0 N–H and O–H groups in total. The van der Waals surface area contributed by atoms with E-state index in [4.69, 9.17) is 0 Å². The summed E-state index contributed by atoms with van der Waals surface area (Å²) in [5.41, 5.74) is 2.09. The lowest BCUT2D eigenvalue weighted by atomic mass is 10.3. The lowest BCUT2D eigenvalue weighted by molar-refractivity contribution is -0.138. The van der Waals surface area contributed by atoms with Crippen LogP contribution in [0.3, 0.4) is 0 Å².